The molecule has 4 heteroatoms. The fourth-order valence-corrected chi connectivity index (χ4v) is 2.98. The molecule has 0 saturated heterocycles. The Hall–Kier alpha value is -2.75. The number of amides is 1. The van der Waals surface area contributed by atoms with Gasteiger partial charge < -0.3 is 14.5 Å². The van der Waals surface area contributed by atoms with E-state index in [1.165, 1.54) is 11.1 Å². The van der Waals surface area contributed by atoms with Crippen LogP contribution in [0, 0.1) is 0 Å². The monoisotopic (exact) mass is 337 g/mol. The highest BCUT2D eigenvalue weighted by Crippen LogP contribution is 2.28. The second-order valence-corrected chi connectivity index (χ2v) is 5.98. The van der Waals surface area contributed by atoms with Crippen LogP contribution < -0.4 is 10.1 Å². The number of methoxy groups -OCH3 is 1. The largest absolute Gasteiger partial charge is 0.493 e. The van der Waals surface area contributed by atoms with Crippen molar-refractivity contribution in [2.24, 2.45) is 0 Å². The van der Waals surface area contributed by atoms with Crippen molar-refractivity contribution in [3.8, 4) is 5.75 Å². The fraction of sp³-hybridized carbons (Fsp3) is 0.286. The molecule has 1 aromatic heterocycles. The molecule has 0 spiro atoms. The molecular weight excluding hydrogens is 314 g/mol. The van der Waals surface area contributed by atoms with Gasteiger partial charge in [0.2, 0.25) is 0 Å². The first kappa shape index (κ1) is 17.1. The molecule has 0 radical (unpaired) electrons. The Morgan fingerprint density at radius 2 is 1.92 bits per heavy atom. The van der Waals surface area contributed by atoms with Crippen molar-refractivity contribution < 1.29 is 13.9 Å². The smallest absolute Gasteiger partial charge is 0.287 e. The number of hydrogen-bond donors (Lipinski definition) is 1. The quantitative estimate of drug-likeness (QED) is 0.721. The zero-order valence-electron chi connectivity index (χ0n) is 14.9. The fourth-order valence-electron chi connectivity index (χ4n) is 2.98. The van der Waals surface area contributed by atoms with Gasteiger partial charge in [0, 0.05) is 11.9 Å². The number of benzene rings is 2. The van der Waals surface area contributed by atoms with Crippen molar-refractivity contribution in [1.82, 2.24) is 5.32 Å². The maximum Gasteiger partial charge on any atom is 0.287 e. The third-order valence-electron chi connectivity index (χ3n) is 4.45. The molecule has 2 aromatic carbocycles. The van der Waals surface area contributed by atoms with Gasteiger partial charge in [-0.1, -0.05) is 44.2 Å². The maximum atomic E-state index is 12.5. The van der Waals surface area contributed by atoms with Crippen LogP contribution in [0.4, 0.5) is 0 Å². The van der Waals surface area contributed by atoms with E-state index < -0.39 is 0 Å². The van der Waals surface area contributed by atoms with Gasteiger partial charge in [-0.05, 0) is 41.7 Å². The molecule has 0 aliphatic rings. The number of rotatable bonds is 6. The van der Waals surface area contributed by atoms with Gasteiger partial charge in [0.15, 0.2) is 17.1 Å². The molecule has 0 aliphatic carbocycles. The summed E-state index contributed by atoms with van der Waals surface area (Å²) in [6.07, 6.45) is 1.92. The highest BCUT2D eigenvalue weighted by Gasteiger charge is 2.15. The van der Waals surface area contributed by atoms with E-state index in [0.29, 0.717) is 23.6 Å². The number of fused-ring (bicyclic) bond motifs is 1. The summed E-state index contributed by atoms with van der Waals surface area (Å²) < 4.78 is 11.0. The first-order chi connectivity index (χ1) is 12.2. The van der Waals surface area contributed by atoms with Gasteiger partial charge in [-0.15, -0.1) is 0 Å². The minimum Gasteiger partial charge on any atom is -0.493 e. The topological polar surface area (TPSA) is 51.5 Å². The molecular formula is C21H23NO3. The first-order valence-electron chi connectivity index (χ1n) is 8.61. The molecule has 0 aliphatic heterocycles. The number of para-hydroxylation sites is 1. The lowest BCUT2D eigenvalue weighted by Gasteiger charge is -2.10. The molecule has 0 fully saturated rings. The van der Waals surface area contributed by atoms with Crippen LogP contribution in [0.25, 0.3) is 11.0 Å². The molecule has 1 heterocycles. The van der Waals surface area contributed by atoms with Gasteiger partial charge >= 0.3 is 0 Å². The lowest BCUT2D eigenvalue weighted by atomic mass is 10.0. The van der Waals surface area contributed by atoms with Gasteiger partial charge in [0.05, 0.1) is 7.11 Å². The number of nitrogens with one attached hydrogen (secondary N) is 1. The Bertz CT molecular complexity index is 895. The Kier molecular flexibility index (Phi) is 5.08. The molecule has 0 atom stereocenters. The van der Waals surface area contributed by atoms with E-state index in [2.05, 4.69) is 37.4 Å². The minimum absolute atomic E-state index is 0.220. The van der Waals surface area contributed by atoms with Gasteiger partial charge in [-0.25, -0.2) is 0 Å². The van der Waals surface area contributed by atoms with E-state index in [9.17, 15) is 4.79 Å². The molecule has 1 amide bonds. The van der Waals surface area contributed by atoms with E-state index in [1.807, 2.05) is 18.2 Å². The maximum absolute atomic E-state index is 12.5. The minimum atomic E-state index is -0.220. The van der Waals surface area contributed by atoms with Gasteiger partial charge in [0.1, 0.15) is 0 Å². The molecule has 3 rings (SSSR count). The van der Waals surface area contributed by atoms with Crippen molar-refractivity contribution in [2.75, 3.05) is 7.11 Å². The normalized spacial score (nSPS) is 10.8. The molecule has 3 aromatic rings. The third kappa shape index (κ3) is 3.53. The van der Waals surface area contributed by atoms with Crippen molar-refractivity contribution >= 4 is 16.9 Å². The van der Waals surface area contributed by atoms with E-state index in [1.54, 1.807) is 13.2 Å². The molecule has 0 bridgehead atoms. The molecule has 4 nitrogen and oxygen atoms in total. The lowest BCUT2D eigenvalue weighted by molar-refractivity contribution is 0.0925. The summed E-state index contributed by atoms with van der Waals surface area (Å²) >= 11 is 0. The predicted octanol–water partition coefficient (Wildman–Crippen LogP) is 4.50. The third-order valence-corrected chi connectivity index (χ3v) is 4.45. The molecule has 25 heavy (non-hydrogen) atoms. The summed E-state index contributed by atoms with van der Waals surface area (Å²) in [4.78, 5) is 12.5. The highest BCUT2D eigenvalue weighted by atomic mass is 16.5. The summed E-state index contributed by atoms with van der Waals surface area (Å²) in [5.74, 6) is 0.701. The van der Waals surface area contributed by atoms with Crippen LogP contribution in [0.3, 0.4) is 0 Å². The van der Waals surface area contributed by atoms with Gasteiger partial charge in [-0.2, -0.15) is 0 Å². The Morgan fingerprint density at radius 1 is 1.08 bits per heavy atom. The van der Waals surface area contributed by atoms with Crippen LogP contribution in [0.1, 0.15) is 41.1 Å². The van der Waals surface area contributed by atoms with Crippen molar-refractivity contribution in [3.05, 3.63) is 64.9 Å². The zero-order valence-corrected chi connectivity index (χ0v) is 14.9. The van der Waals surface area contributed by atoms with Crippen molar-refractivity contribution in [3.63, 3.8) is 0 Å². The van der Waals surface area contributed by atoms with E-state index in [4.69, 9.17) is 9.15 Å². The average molecular weight is 337 g/mol. The van der Waals surface area contributed by atoms with Gasteiger partial charge in [0.25, 0.3) is 5.91 Å². The van der Waals surface area contributed by atoms with Crippen LogP contribution >= 0.6 is 0 Å². The Labute approximate surface area is 147 Å². The van der Waals surface area contributed by atoms with E-state index >= 15 is 0 Å². The number of ether oxygens (including phenoxy) is 1. The average Bonchev–Trinajstić information content (AvgIpc) is 3.10. The standard InChI is InChI=1S/C21H23NO3/c1-4-14-9-10-15(5-2)17(11-14)13-22-21(23)19-12-16-7-6-8-18(24-3)20(16)25-19/h6-12H,4-5,13H2,1-3H3,(H,22,23). The molecule has 130 valence electrons. The number of carbonyl (C=O) groups is 1. The molecule has 0 unspecified atom stereocenters. The molecule has 1 N–H and O–H groups in total. The second kappa shape index (κ2) is 7.43. The second-order valence-electron chi connectivity index (χ2n) is 5.98. The summed E-state index contributed by atoms with van der Waals surface area (Å²) in [5, 5.41) is 3.82. The van der Waals surface area contributed by atoms with Crippen LogP contribution in [-0.4, -0.2) is 13.0 Å². The molecule has 0 saturated carbocycles. The van der Waals surface area contributed by atoms with Crippen molar-refractivity contribution in [1.29, 1.82) is 0 Å². The summed E-state index contributed by atoms with van der Waals surface area (Å²) in [7, 11) is 1.59. The number of hydrogen-bond acceptors (Lipinski definition) is 3. The Morgan fingerprint density at radius 3 is 2.64 bits per heavy atom. The van der Waals surface area contributed by atoms with Crippen LogP contribution in [0.2, 0.25) is 0 Å². The van der Waals surface area contributed by atoms with Crippen LogP contribution in [0.15, 0.2) is 46.9 Å². The number of aryl methyl sites for hydroxylation is 2. The van der Waals surface area contributed by atoms with E-state index in [-0.39, 0.29) is 5.91 Å². The number of carbonyl (C=O) groups excluding carboxylic acids is 1. The van der Waals surface area contributed by atoms with E-state index in [0.717, 1.165) is 23.8 Å². The zero-order chi connectivity index (χ0) is 17.8. The SMILES string of the molecule is CCc1ccc(CC)c(CNC(=O)c2cc3cccc(OC)c3o2)c1. The van der Waals surface area contributed by atoms with Crippen LogP contribution in [0.5, 0.6) is 5.75 Å². The van der Waals surface area contributed by atoms with Crippen molar-refractivity contribution in [2.45, 2.75) is 33.2 Å². The summed E-state index contributed by atoms with van der Waals surface area (Å²) in [6.45, 7) is 4.74. The summed E-state index contributed by atoms with van der Waals surface area (Å²) in [5.41, 5.74) is 4.28. The summed E-state index contributed by atoms with van der Waals surface area (Å²) in [6, 6.07) is 13.8. The van der Waals surface area contributed by atoms with Gasteiger partial charge in [-0.3, -0.25) is 4.79 Å². The Balaban J connectivity index is 1.79. The van der Waals surface area contributed by atoms with Crippen LogP contribution in [-0.2, 0) is 19.4 Å². The first-order valence-corrected chi connectivity index (χ1v) is 8.61. The lowest BCUT2D eigenvalue weighted by Crippen LogP contribution is -2.23. The predicted molar refractivity (Wildman–Crippen MR) is 99.1 cm³/mol. The highest BCUT2D eigenvalue weighted by molar-refractivity contribution is 5.97. The number of furan rings is 1.